The molecule has 2 aromatic carbocycles. The summed E-state index contributed by atoms with van der Waals surface area (Å²) in [6.07, 6.45) is 7.52. The van der Waals surface area contributed by atoms with Crippen LogP contribution in [0.25, 0.3) is 0 Å². The Labute approximate surface area is 272 Å². The van der Waals surface area contributed by atoms with E-state index in [0.717, 1.165) is 19.1 Å². The largest absolute Gasteiger partial charge is 0.464 e. The molecule has 0 saturated heterocycles. The number of carbonyl (C=O) groups is 3. The Hall–Kier alpha value is -3.29. The van der Waals surface area contributed by atoms with Crippen LogP contribution in [-0.4, -0.2) is 74.9 Å². The lowest BCUT2D eigenvalue weighted by molar-refractivity contribution is -0.138. The van der Waals surface area contributed by atoms with Crippen LogP contribution in [0.15, 0.2) is 59.6 Å². The first kappa shape index (κ1) is 33.1. The van der Waals surface area contributed by atoms with Gasteiger partial charge in [0, 0.05) is 27.7 Å². The average Bonchev–Trinajstić information content (AvgIpc) is 3.00. The van der Waals surface area contributed by atoms with Gasteiger partial charge in [0.15, 0.2) is 0 Å². The van der Waals surface area contributed by atoms with Crippen molar-refractivity contribution in [2.24, 2.45) is 4.99 Å². The lowest BCUT2D eigenvalue weighted by Crippen LogP contribution is -2.59. The van der Waals surface area contributed by atoms with Crippen molar-refractivity contribution in [1.29, 1.82) is 0 Å². The number of hydroxylamine groups is 1. The van der Waals surface area contributed by atoms with Gasteiger partial charge in [0.25, 0.3) is 11.8 Å². The fourth-order valence-electron chi connectivity index (χ4n) is 6.36. The molecule has 45 heavy (non-hydrogen) atoms. The third-order valence-corrected chi connectivity index (χ3v) is 9.53. The summed E-state index contributed by atoms with van der Waals surface area (Å²) in [6, 6.07) is 9.21. The van der Waals surface area contributed by atoms with E-state index in [-0.39, 0.29) is 23.2 Å². The number of dihydropyridines is 1. The molecule has 1 saturated carbocycles. The molecule has 0 spiro atoms. The van der Waals surface area contributed by atoms with Gasteiger partial charge in [0.1, 0.15) is 5.71 Å². The van der Waals surface area contributed by atoms with Gasteiger partial charge in [0.05, 0.1) is 38.0 Å². The van der Waals surface area contributed by atoms with Crippen molar-refractivity contribution in [3.63, 3.8) is 0 Å². The zero-order valence-electron chi connectivity index (χ0n) is 24.7. The van der Waals surface area contributed by atoms with Crippen LogP contribution in [0.4, 0.5) is 0 Å². The molecule has 3 aliphatic rings. The van der Waals surface area contributed by atoms with E-state index in [1.807, 2.05) is 0 Å². The van der Waals surface area contributed by atoms with Gasteiger partial charge in [-0.3, -0.25) is 19.4 Å². The fourth-order valence-corrected chi connectivity index (χ4v) is 7.71. The highest BCUT2D eigenvalue weighted by Crippen LogP contribution is 2.47. The Bertz CT molecular complexity index is 1650. The number of carbonyl (C=O) groups excluding carboxylic acids is 3. The minimum absolute atomic E-state index is 0.0249. The molecule has 1 aliphatic carbocycles. The van der Waals surface area contributed by atoms with Crippen molar-refractivity contribution >= 4 is 56.7 Å². The van der Waals surface area contributed by atoms with E-state index in [1.54, 1.807) is 59.5 Å². The number of ether oxygens (including phenoxy) is 1. The standard InChI is InChI=1S/C31H34Cl2N4O7S/c1-43-31(40)25-12-7-8-19(34-25)17-44-35-29(38)27-20-9-3-4-10-21(20)30(39)37(28(27)22-15-14-18(32)16-23(22)33)26-13-6-5-11-24(26)36-45(2,41)42/h3-4,7,9-10,12,14-16,19,24,26-28,36H,5-6,8,11,13,17H2,1-2H3,(H,35,38)/t19?,24-,26-,27+,28-/m0/s1. The minimum atomic E-state index is -3.61. The number of nitrogens with zero attached hydrogens (tertiary/aromatic N) is 2. The molecule has 0 bridgehead atoms. The Morgan fingerprint density at radius 1 is 1.09 bits per heavy atom. The number of aliphatic imine (C=N–C) groups is 1. The molecular weight excluding hydrogens is 643 g/mol. The zero-order valence-corrected chi connectivity index (χ0v) is 27.1. The van der Waals surface area contributed by atoms with Crippen LogP contribution in [0, 0.1) is 0 Å². The Morgan fingerprint density at radius 3 is 2.58 bits per heavy atom. The van der Waals surface area contributed by atoms with Crippen molar-refractivity contribution in [3.8, 4) is 0 Å². The molecule has 5 rings (SSSR count). The van der Waals surface area contributed by atoms with Crippen LogP contribution in [0.5, 0.6) is 0 Å². The van der Waals surface area contributed by atoms with E-state index in [4.69, 9.17) is 32.8 Å². The van der Waals surface area contributed by atoms with E-state index < -0.39 is 52.0 Å². The van der Waals surface area contributed by atoms with Gasteiger partial charge in [-0.15, -0.1) is 0 Å². The molecule has 0 aromatic heterocycles. The maximum Gasteiger partial charge on any atom is 0.356 e. The Morgan fingerprint density at radius 2 is 1.84 bits per heavy atom. The number of rotatable bonds is 9. The van der Waals surface area contributed by atoms with Gasteiger partial charge in [-0.05, 0) is 54.7 Å². The Kier molecular flexibility index (Phi) is 10.3. The lowest BCUT2D eigenvalue weighted by Gasteiger charge is -2.49. The number of hydrogen-bond donors (Lipinski definition) is 2. The third kappa shape index (κ3) is 7.41. The monoisotopic (exact) mass is 676 g/mol. The molecular formula is C31H34Cl2N4O7S. The molecule has 240 valence electrons. The van der Waals surface area contributed by atoms with Crippen molar-refractivity contribution in [2.75, 3.05) is 20.0 Å². The summed E-state index contributed by atoms with van der Waals surface area (Å²) in [5, 5.41) is 0.635. The quantitative estimate of drug-likeness (QED) is 0.300. The Balaban J connectivity index is 1.53. The molecule has 0 radical (unpaired) electrons. The normalized spacial score (nSPS) is 24.9. The lowest BCUT2D eigenvalue weighted by atomic mass is 9.76. The summed E-state index contributed by atoms with van der Waals surface area (Å²) in [4.78, 5) is 52.0. The van der Waals surface area contributed by atoms with Crippen molar-refractivity contribution < 1.29 is 32.4 Å². The third-order valence-electron chi connectivity index (χ3n) is 8.24. The number of nitrogens with one attached hydrogen (secondary N) is 2. The number of fused-ring (bicyclic) bond motifs is 1. The maximum atomic E-state index is 14.3. The molecule has 14 heteroatoms. The number of halogens is 2. The molecule has 2 aliphatic heterocycles. The number of hydrogen-bond acceptors (Lipinski definition) is 8. The van der Waals surface area contributed by atoms with Crippen LogP contribution >= 0.6 is 23.2 Å². The van der Waals surface area contributed by atoms with Gasteiger partial charge in [-0.2, -0.15) is 0 Å². The summed E-state index contributed by atoms with van der Waals surface area (Å²) in [5.74, 6) is -2.43. The van der Waals surface area contributed by atoms with Gasteiger partial charge < -0.3 is 9.64 Å². The highest BCUT2D eigenvalue weighted by molar-refractivity contribution is 7.88. The van der Waals surface area contributed by atoms with E-state index >= 15 is 0 Å². The number of methoxy groups -OCH3 is 1. The van der Waals surface area contributed by atoms with Crippen molar-refractivity contribution in [1.82, 2.24) is 15.1 Å². The first-order valence-electron chi connectivity index (χ1n) is 14.6. The first-order chi connectivity index (χ1) is 21.5. The molecule has 2 amide bonds. The first-order valence-corrected chi connectivity index (χ1v) is 17.2. The molecule has 2 aromatic rings. The summed E-state index contributed by atoms with van der Waals surface area (Å²) in [6.45, 7) is -0.0249. The number of benzene rings is 2. The van der Waals surface area contributed by atoms with Crippen LogP contribution in [0.3, 0.4) is 0 Å². The van der Waals surface area contributed by atoms with Crippen molar-refractivity contribution in [3.05, 3.63) is 81.4 Å². The topological polar surface area (TPSA) is 143 Å². The number of esters is 1. The maximum absolute atomic E-state index is 14.3. The highest BCUT2D eigenvalue weighted by Gasteiger charge is 2.49. The summed E-state index contributed by atoms with van der Waals surface area (Å²) >= 11 is 13.0. The van der Waals surface area contributed by atoms with Gasteiger partial charge in [0.2, 0.25) is 10.0 Å². The number of amides is 2. The van der Waals surface area contributed by atoms with E-state index in [9.17, 15) is 22.8 Å². The van der Waals surface area contributed by atoms with E-state index in [2.05, 4.69) is 15.2 Å². The molecule has 1 unspecified atom stereocenters. The molecule has 2 heterocycles. The minimum Gasteiger partial charge on any atom is -0.464 e. The zero-order chi connectivity index (χ0) is 32.3. The second kappa shape index (κ2) is 14.0. The highest BCUT2D eigenvalue weighted by atomic mass is 35.5. The van der Waals surface area contributed by atoms with Crippen molar-refractivity contribution in [2.45, 2.75) is 62.2 Å². The van der Waals surface area contributed by atoms with Crippen LogP contribution in [-0.2, 0) is 29.2 Å². The van der Waals surface area contributed by atoms with Gasteiger partial charge in [-0.25, -0.2) is 23.4 Å². The molecule has 5 atom stereocenters. The summed E-state index contributed by atoms with van der Waals surface area (Å²) in [5.41, 5.74) is 3.99. The van der Waals surface area contributed by atoms with Crippen LogP contribution < -0.4 is 10.2 Å². The second-order valence-electron chi connectivity index (χ2n) is 11.3. The van der Waals surface area contributed by atoms with Gasteiger partial charge >= 0.3 is 5.97 Å². The fraction of sp³-hybridized carbons (Fsp3) is 0.419. The smallest absolute Gasteiger partial charge is 0.356 e. The molecule has 11 nitrogen and oxygen atoms in total. The number of sulfonamides is 1. The van der Waals surface area contributed by atoms with Gasteiger partial charge in [-0.1, -0.05) is 66.4 Å². The summed E-state index contributed by atoms with van der Waals surface area (Å²) < 4.78 is 32.2. The second-order valence-corrected chi connectivity index (χ2v) is 13.9. The molecule has 2 N–H and O–H groups in total. The summed E-state index contributed by atoms with van der Waals surface area (Å²) in [7, 11) is -2.34. The predicted molar refractivity (Wildman–Crippen MR) is 170 cm³/mol. The molecule has 1 fully saturated rings. The van der Waals surface area contributed by atoms with Crippen LogP contribution in [0.1, 0.15) is 65.5 Å². The predicted octanol–water partition coefficient (Wildman–Crippen LogP) is 4.12. The van der Waals surface area contributed by atoms with E-state index in [1.165, 1.54) is 7.11 Å². The van der Waals surface area contributed by atoms with Crippen LogP contribution in [0.2, 0.25) is 10.0 Å². The van der Waals surface area contributed by atoms with E-state index in [0.29, 0.717) is 41.0 Å². The average molecular weight is 678 g/mol. The SMILES string of the molecule is COC(=O)C1=NC(CONC(=O)[C@@H]2c3ccccc3C(=O)N([C@H]3CCCC[C@@H]3NS(C)(=O)=O)[C@H]2c2ccc(Cl)cc2Cl)CC=C1.